The van der Waals surface area contributed by atoms with E-state index in [1.165, 1.54) is 64.2 Å². The first-order valence-electron chi connectivity index (χ1n) is 19.0. The van der Waals surface area contributed by atoms with Gasteiger partial charge in [-0.1, -0.05) is 140 Å². The van der Waals surface area contributed by atoms with Gasteiger partial charge in [-0.2, -0.15) is 0 Å². The van der Waals surface area contributed by atoms with Gasteiger partial charge < -0.3 is 25.2 Å². The standard InChI is InChI=1S/C38H70NO9P/c1-3-5-7-9-11-13-15-16-17-18-19-21-23-25-27-29-31-45-32-35(33-46-49(43,44)47-34-36(39)38(41)42)48-37(40)30-28-26-24-22-20-14-12-10-8-6-4-2/h5,7,11,13,16-17,35-36H,3-4,6,8-10,12,14-15,18-34,39H2,1-2H3,(H,41,42)(H,43,44)/b7-5-,13-11-,17-16-. The number of nitrogens with two attached hydrogens (primary N) is 1. The van der Waals surface area contributed by atoms with E-state index in [2.05, 4.69) is 54.8 Å². The van der Waals surface area contributed by atoms with E-state index < -0.39 is 45.1 Å². The lowest BCUT2D eigenvalue weighted by Crippen LogP contribution is -2.34. The predicted octanol–water partition coefficient (Wildman–Crippen LogP) is 9.75. The molecule has 3 unspecified atom stereocenters. The number of allylic oxidation sites excluding steroid dienone is 6. The molecule has 49 heavy (non-hydrogen) atoms. The molecule has 10 nitrogen and oxygen atoms in total. The Balaban J connectivity index is 4.31. The Morgan fingerprint density at radius 2 is 1.18 bits per heavy atom. The molecule has 0 aromatic carbocycles. The average Bonchev–Trinajstić information content (AvgIpc) is 3.07. The maximum absolute atomic E-state index is 12.5. The second-order valence-corrected chi connectivity index (χ2v) is 14.1. The van der Waals surface area contributed by atoms with Crippen LogP contribution in [-0.2, 0) is 32.7 Å². The van der Waals surface area contributed by atoms with Gasteiger partial charge in [0.05, 0.1) is 19.8 Å². The molecule has 0 amide bonds. The van der Waals surface area contributed by atoms with Gasteiger partial charge in [-0.25, -0.2) is 4.57 Å². The molecule has 286 valence electrons. The molecule has 0 aromatic heterocycles. The number of phosphoric acid groups is 1. The molecule has 0 aliphatic rings. The summed E-state index contributed by atoms with van der Waals surface area (Å²) in [5, 5.41) is 8.86. The fourth-order valence-electron chi connectivity index (χ4n) is 4.97. The van der Waals surface area contributed by atoms with E-state index in [4.69, 9.17) is 24.8 Å². The van der Waals surface area contributed by atoms with Gasteiger partial charge in [-0.15, -0.1) is 0 Å². The lowest BCUT2D eigenvalue weighted by Gasteiger charge is -2.20. The van der Waals surface area contributed by atoms with Crippen molar-refractivity contribution in [1.82, 2.24) is 0 Å². The molecule has 0 spiro atoms. The summed E-state index contributed by atoms with van der Waals surface area (Å²) in [6.07, 6.45) is 36.2. The second-order valence-electron chi connectivity index (χ2n) is 12.7. The summed E-state index contributed by atoms with van der Waals surface area (Å²) in [7, 11) is -4.61. The monoisotopic (exact) mass is 715 g/mol. The second kappa shape index (κ2) is 34.6. The van der Waals surface area contributed by atoms with Crippen molar-refractivity contribution in [3.05, 3.63) is 36.5 Å². The lowest BCUT2D eigenvalue weighted by atomic mass is 10.1. The Morgan fingerprint density at radius 3 is 1.78 bits per heavy atom. The van der Waals surface area contributed by atoms with Crippen LogP contribution in [0, 0.1) is 0 Å². The maximum atomic E-state index is 12.5. The van der Waals surface area contributed by atoms with Gasteiger partial charge in [0.25, 0.3) is 0 Å². The highest BCUT2D eigenvalue weighted by Gasteiger charge is 2.27. The number of carbonyl (C=O) groups is 2. The number of unbranched alkanes of at least 4 members (excludes halogenated alkanes) is 16. The van der Waals surface area contributed by atoms with E-state index in [-0.39, 0.29) is 13.0 Å². The van der Waals surface area contributed by atoms with Crippen molar-refractivity contribution in [3.63, 3.8) is 0 Å². The molecule has 0 bridgehead atoms. The van der Waals surface area contributed by atoms with E-state index in [1.807, 2.05) is 0 Å². The SMILES string of the molecule is CC/C=C\C/C=C\C/C=C\CCCCCCCCOCC(COP(=O)(O)OCC(N)C(=O)O)OC(=O)CCCCCCCCCCCCC. The summed E-state index contributed by atoms with van der Waals surface area (Å²) in [5.74, 6) is -1.79. The van der Waals surface area contributed by atoms with Crippen molar-refractivity contribution >= 4 is 19.8 Å². The topological polar surface area (TPSA) is 155 Å². The smallest absolute Gasteiger partial charge is 0.472 e. The fourth-order valence-corrected chi connectivity index (χ4v) is 5.75. The molecule has 0 radical (unpaired) electrons. The zero-order valence-corrected chi connectivity index (χ0v) is 31.7. The van der Waals surface area contributed by atoms with Crippen LogP contribution in [0.5, 0.6) is 0 Å². The van der Waals surface area contributed by atoms with Crippen LogP contribution in [-0.4, -0.2) is 60.5 Å². The van der Waals surface area contributed by atoms with Gasteiger partial charge in [-0.05, 0) is 44.9 Å². The van der Waals surface area contributed by atoms with Crippen molar-refractivity contribution in [2.45, 2.75) is 167 Å². The van der Waals surface area contributed by atoms with Crippen molar-refractivity contribution in [1.29, 1.82) is 0 Å². The Morgan fingerprint density at radius 1 is 0.673 bits per heavy atom. The number of ether oxygens (including phenoxy) is 2. The van der Waals surface area contributed by atoms with E-state index in [0.29, 0.717) is 13.0 Å². The van der Waals surface area contributed by atoms with Crippen LogP contribution < -0.4 is 5.73 Å². The molecular weight excluding hydrogens is 645 g/mol. The van der Waals surface area contributed by atoms with Crippen molar-refractivity contribution in [3.8, 4) is 0 Å². The van der Waals surface area contributed by atoms with Crippen LogP contribution >= 0.6 is 7.82 Å². The highest BCUT2D eigenvalue weighted by atomic mass is 31.2. The predicted molar refractivity (Wildman–Crippen MR) is 198 cm³/mol. The summed E-state index contributed by atoms with van der Waals surface area (Å²) in [6, 6.07) is -1.47. The van der Waals surface area contributed by atoms with Gasteiger partial charge in [0.2, 0.25) is 0 Å². The fraction of sp³-hybridized carbons (Fsp3) is 0.789. The molecule has 0 saturated heterocycles. The third-order valence-electron chi connectivity index (χ3n) is 7.93. The quantitative estimate of drug-likeness (QED) is 0.0247. The van der Waals surface area contributed by atoms with Crippen LogP contribution in [0.1, 0.15) is 155 Å². The first-order valence-corrected chi connectivity index (χ1v) is 20.5. The average molecular weight is 716 g/mol. The van der Waals surface area contributed by atoms with E-state index in [0.717, 1.165) is 64.2 Å². The van der Waals surface area contributed by atoms with Gasteiger partial charge in [-0.3, -0.25) is 18.6 Å². The summed E-state index contributed by atoms with van der Waals surface area (Å²) in [5.41, 5.74) is 5.33. The van der Waals surface area contributed by atoms with Crippen molar-refractivity contribution < 1.29 is 42.7 Å². The highest BCUT2D eigenvalue weighted by molar-refractivity contribution is 7.47. The first-order chi connectivity index (χ1) is 23.7. The van der Waals surface area contributed by atoms with E-state index in [1.54, 1.807) is 0 Å². The van der Waals surface area contributed by atoms with Gasteiger partial charge >= 0.3 is 19.8 Å². The number of phosphoric ester groups is 1. The highest BCUT2D eigenvalue weighted by Crippen LogP contribution is 2.43. The van der Waals surface area contributed by atoms with Crippen LogP contribution in [0.15, 0.2) is 36.5 Å². The molecule has 0 fully saturated rings. The third kappa shape index (κ3) is 34.4. The number of hydrogen-bond acceptors (Lipinski definition) is 8. The first kappa shape index (κ1) is 47.2. The van der Waals surface area contributed by atoms with Gasteiger partial charge in [0.15, 0.2) is 0 Å². The Labute approximate surface area is 297 Å². The summed E-state index contributed by atoms with van der Waals surface area (Å²) in [4.78, 5) is 33.3. The van der Waals surface area contributed by atoms with Crippen LogP contribution in [0.3, 0.4) is 0 Å². The van der Waals surface area contributed by atoms with Crippen molar-refractivity contribution in [2.75, 3.05) is 26.4 Å². The Kier molecular flexibility index (Phi) is 33.4. The molecule has 0 rings (SSSR count). The van der Waals surface area contributed by atoms with Crippen LogP contribution in [0.2, 0.25) is 0 Å². The minimum atomic E-state index is -4.61. The molecular formula is C38H70NO9P. The molecule has 3 atom stereocenters. The Hall–Kier alpha value is -1.81. The van der Waals surface area contributed by atoms with Crippen LogP contribution in [0.25, 0.3) is 0 Å². The molecule has 0 heterocycles. The minimum Gasteiger partial charge on any atom is -0.480 e. The zero-order chi connectivity index (χ0) is 36.3. The summed E-state index contributed by atoms with van der Waals surface area (Å²) < 4.78 is 33.2. The molecule has 0 saturated carbocycles. The molecule has 0 aromatic rings. The number of carboxylic acids is 1. The number of carbonyl (C=O) groups excluding carboxylic acids is 1. The van der Waals surface area contributed by atoms with Crippen molar-refractivity contribution in [2.24, 2.45) is 5.73 Å². The molecule has 11 heteroatoms. The van der Waals surface area contributed by atoms with Gasteiger partial charge in [0, 0.05) is 13.0 Å². The zero-order valence-electron chi connectivity index (χ0n) is 30.8. The maximum Gasteiger partial charge on any atom is 0.472 e. The minimum absolute atomic E-state index is 0.00952. The third-order valence-corrected chi connectivity index (χ3v) is 8.88. The summed E-state index contributed by atoms with van der Waals surface area (Å²) >= 11 is 0. The Bertz CT molecular complexity index is 925. The van der Waals surface area contributed by atoms with Gasteiger partial charge in [0.1, 0.15) is 12.1 Å². The number of esters is 1. The lowest BCUT2D eigenvalue weighted by molar-refractivity contribution is -0.154. The number of aliphatic carboxylic acids is 1. The molecule has 0 aliphatic carbocycles. The van der Waals surface area contributed by atoms with E-state index >= 15 is 0 Å². The van der Waals surface area contributed by atoms with E-state index in [9.17, 15) is 19.0 Å². The molecule has 4 N–H and O–H groups in total. The largest absolute Gasteiger partial charge is 0.480 e. The summed E-state index contributed by atoms with van der Waals surface area (Å²) in [6.45, 7) is 3.72. The van der Waals surface area contributed by atoms with Crippen LogP contribution in [0.4, 0.5) is 0 Å². The molecule has 0 aliphatic heterocycles. The number of rotatable bonds is 36. The number of hydrogen-bond donors (Lipinski definition) is 3. The normalized spacial score (nSPS) is 14.5. The number of carboxylic acid groups (broad SMARTS) is 1.